The van der Waals surface area contributed by atoms with Crippen molar-refractivity contribution in [3.63, 3.8) is 0 Å². The maximum Gasteiger partial charge on any atom is 0.150 e. The number of hydrogen-bond acceptors (Lipinski definition) is 1. The van der Waals surface area contributed by atoms with Crippen LogP contribution in [0, 0.1) is 0 Å². The van der Waals surface area contributed by atoms with Gasteiger partial charge < -0.3 is 0 Å². The van der Waals surface area contributed by atoms with Crippen molar-refractivity contribution in [2.24, 2.45) is 0 Å². The molecule has 3 rings (SSSR count). The Bertz CT molecular complexity index is 714. The minimum absolute atomic E-state index is 0.144. The second-order valence-corrected chi connectivity index (χ2v) is 5.54. The fourth-order valence-electron chi connectivity index (χ4n) is 3.56. The molecule has 0 bridgehead atoms. The van der Waals surface area contributed by atoms with Crippen molar-refractivity contribution in [3.05, 3.63) is 84.5 Å². The summed E-state index contributed by atoms with van der Waals surface area (Å²) >= 11 is 0. The van der Waals surface area contributed by atoms with Gasteiger partial charge in [-0.05, 0) is 41.2 Å². The van der Waals surface area contributed by atoms with E-state index in [0.717, 1.165) is 24.7 Å². The third kappa shape index (κ3) is 1.89. The fourth-order valence-corrected chi connectivity index (χ4v) is 3.56. The largest absolute Gasteiger partial charge is 0.298 e. The van der Waals surface area contributed by atoms with Gasteiger partial charge >= 0.3 is 0 Å². The molecule has 0 heterocycles. The Labute approximate surface area is 125 Å². The van der Waals surface area contributed by atoms with Crippen LogP contribution in [0.5, 0.6) is 0 Å². The second kappa shape index (κ2) is 5.17. The quantitative estimate of drug-likeness (QED) is 0.559. The van der Waals surface area contributed by atoms with Gasteiger partial charge in [0.25, 0.3) is 0 Å². The minimum atomic E-state index is -0.144. The lowest BCUT2D eigenvalue weighted by atomic mass is 9.72. The highest BCUT2D eigenvalue weighted by molar-refractivity contribution is 5.85. The molecule has 1 nitrogen and oxygen atoms in total. The van der Waals surface area contributed by atoms with Crippen molar-refractivity contribution in [1.82, 2.24) is 0 Å². The summed E-state index contributed by atoms with van der Waals surface area (Å²) in [5.74, 6) is 0. The molecule has 0 amide bonds. The molecule has 0 saturated carbocycles. The van der Waals surface area contributed by atoms with E-state index in [4.69, 9.17) is 0 Å². The van der Waals surface area contributed by atoms with Gasteiger partial charge in [0, 0.05) is 11.0 Å². The van der Waals surface area contributed by atoms with Gasteiger partial charge in [0.15, 0.2) is 0 Å². The Morgan fingerprint density at radius 2 is 1.57 bits per heavy atom. The molecular weight excluding hydrogens is 256 g/mol. The Morgan fingerprint density at radius 3 is 2.24 bits per heavy atom. The zero-order valence-electron chi connectivity index (χ0n) is 12.0. The number of carbonyl (C=O) groups excluding carboxylic acids is 1. The number of allylic oxidation sites excluding steroid dienone is 2. The fraction of sp³-hybridized carbons (Fsp3) is 0.150. The van der Waals surface area contributed by atoms with Crippen LogP contribution in [0.4, 0.5) is 0 Å². The van der Waals surface area contributed by atoms with Crippen LogP contribution in [0.25, 0.3) is 11.1 Å². The standard InChI is InChI=1S/C20H18O/c1-3-11-20(12-4-2)18-8-6-5-7-16(18)17-10-9-15(14-21)13-19(17)20/h3-10,13-14H,1-2,11-12H2. The van der Waals surface area contributed by atoms with Crippen molar-refractivity contribution in [2.75, 3.05) is 0 Å². The average molecular weight is 274 g/mol. The normalized spacial score (nSPS) is 14.1. The first-order chi connectivity index (χ1) is 10.3. The van der Waals surface area contributed by atoms with Gasteiger partial charge in [-0.3, -0.25) is 4.79 Å². The first-order valence-corrected chi connectivity index (χ1v) is 7.18. The van der Waals surface area contributed by atoms with Crippen molar-refractivity contribution in [1.29, 1.82) is 0 Å². The van der Waals surface area contributed by atoms with Gasteiger partial charge in [-0.25, -0.2) is 0 Å². The van der Waals surface area contributed by atoms with Crippen LogP contribution in [-0.2, 0) is 5.41 Å². The van der Waals surface area contributed by atoms with E-state index in [-0.39, 0.29) is 5.41 Å². The van der Waals surface area contributed by atoms with Crippen LogP contribution in [-0.4, -0.2) is 6.29 Å². The average Bonchev–Trinajstić information content (AvgIpc) is 2.79. The molecule has 2 aromatic rings. The highest BCUT2D eigenvalue weighted by Gasteiger charge is 2.41. The number of benzene rings is 2. The van der Waals surface area contributed by atoms with Crippen LogP contribution in [0.2, 0.25) is 0 Å². The first kappa shape index (κ1) is 13.6. The summed E-state index contributed by atoms with van der Waals surface area (Å²) in [5, 5.41) is 0. The monoisotopic (exact) mass is 274 g/mol. The maximum absolute atomic E-state index is 11.2. The molecule has 0 atom stereocenters. The molecule has 0 aromatic heterocycles. The van der Waals surface area contributed by atoms with Crippen LogP contribution < -0.4 is 0 Å². The molecule has 104 valence electrons. The molecule has 0 spiro atoms. The first-order valence-electron chi connectivity index (χ1n) is 7.18. The Hall–Kier alpha value is -2.41. The van der Waals surface area contributed by atoms with E-state index in [1.165, 1.54) is 22.3 Å². The molecular formula is C20H18O. The SMILES string of the molecule is C=CCC1(CC=C)c2ccccc2-c2ccc(C=O)cc21. The smallest absolute Gasteiger partial charge is 0.150 e. The third-order valence-electron chi connectivity index (χ3n) is 4.41. The van der Waals surface area contributed by atoms with Gasteiger partial charge in [0.05, 0.1) is 0 Å². The summed E-state index contributed by atoms with van der Waals surface area (Å²) < 4.78 is 0. The van der Waals surface area contributed by atoms with Crippen molar-refractivity contribution < 1.29 is 4.79 Å². The van der Waals surface area contributed by atoms with E-state index < -0.39 is 0 Å². The van der Waals surface area contributed by atoms with Gasteiger partial charge in [0.2, 0.25) is 0 Å². The minimum Gasteiger partial charge on any atom is -0.298 e. The second-order valence-electron chi connectivity index (χ2n) is 5.54. The van der Waals surface area contributed by atoms with Gasteiger partial charge in [0.1, 0.15) is 6.29 Å². The van der Waals surface area contributed by atoms with Crippen LogP contribution >= 0.6 is 0 Å². The van der Waals surface area contributed by atoms with E-state index in [1.54, 1.807) is 0 Å². The summed E-state index contributed by atoms with van der Waals surface area (Å²) in [7, 11) is 0. The summed E-state index contributed by atoms with van der Waals surface area (Å²) in [5.41, 5.74) is 5.58. The predicted octanol–water partition coefficient (Wildman–Crippen LogP) is 4.92. The summed E-state index contributed by atoms with van der Waals surface area (Å²) in [4.78, 5) is 11.2. The molecule has 2 aromatic carbocycles. The zero-order valence-corrected chi connectivity index (χ0v) is 12.0. The molecule has 0 N–H and O–H groups in total. The summed E-state index contributed by atoms with van der Waals surface area (Å²) in [6, 6.07) is 14.5. The lowest BCUT2D eigenvalue weighted by Gasteiger charge is -2.30. The van der Waals surface area contributed by atoms with Crippen LogP contribution in [0.1, 0.15) is 34.3 Å². The molecule has 0 unspecified atom stereocenters. The Kier molecular flexibility index (Phi) is 3.34. The zero-order chi connectivity index (χ0) is 14.9. The van der Waals surface area contributed by atoms with Crippen molar-refractivity contribution in [2.45, 2.75) is 18.3 Å². The van der Waals surface area contributed by atoms with Crippen LogP contribution in [0.3, 0.4) is 0 Å². The van der Waals surface area contributed by atoms with Gasteiger partial charge in [-0.15, -0.1) is 13.2 Å². The molecule has 0 aliphatic heterocycles. The molecule has 1 aliphatic carbocycles. The highest BCUT2D eigenvalue weighted by Crippen LogP contribution is 2.53. The molecule has 1 aliphatic rings. The van der Waals surface area contributed by atoms with Crippen LogP contribution in [0.15, 0.2) is 67.8 Å². The summed E-state index contributed by atoms with van der Waals surface area (Å²) in [6.45, 7) is 7.87. The Balaban J connectivity index is 2.35. The topological polar surface area (TPSA) is 17.1 Å². The molecule has 0 fully saturated rings. The molecule has 0 radical (unpaired) electrons. The maximum atomic E-state index is 11.2. The molecule has 21 heavy (non-hydrogen) atoms. The van der Waals surface area contributed by atoms with Gasteiger partial charge in [-0.1, -0.05) is 48.6 Å². The van der Waals surface area contributed by atoms with E-state index >= 15 is 0 Å². The Morgan fingerprint density at radius 1 is 0.905 bits per heavy atom. The number of rotatable bonds is 5. The summed E-state index contributed by atoms with van der Waals surface area (Å²) in [6.07, 6.45) is 6.51. The van der Waals surface area contributed by atoms with E-state index in [9.17, 15) is 4.79 Å². The number of aldehydes is 1. The molecule has 1 heteroatoms. The number of carbonyl (C=O) groups is 1. The lowest BCUT2D eigenvalue weighted by Crippen LogP contribution is -2.23. The number of hydrogen-bond donors (Lipinski definition) is 0. The third-order valence-corrected chi connectivity index (χ3v) is 4.41. The predicted molar refractivity (Wildman–Crippen MR) is 87.7 cm³/mol. The van der Waals surface area contributed by atoms with Gasteiger partial charge in [-0.2, -0.15) is 0 Å². The van der Waals surface area contributed by atoms with Crippen molar-refractivity contribution >= 4 is 6.29 Å². The van der Waals surface area contributed by atoms with E-state index in [2.05, 4.69) is 43.5 Å². The highest BCUT2D eigenvalue weighted by atomic mass is 16.1. The molecule has 0 saturated heterocycles. The number of fused-ring (bicyclic) bond motifs is 3. The van der Waals surface area contributed by atoms with Crippen molar-refractivity contribution in [3.8, 4) is 11.1 Å². The van der Waals surface area contributed by atoms with E-state index in [1.807, 2.05) is 24.3 Å². The lowest BCUT2D eigenvalue weighted by molar-refractivity contribution is 0.112. The van der Waals surface area contributed by atoms with E-state index in [0.29, 0.717) is 0 Å².